The Kier molecular flexibility index (Phi) is 5.34. The minimum atomic E-state index is -0.116. The third-order valence-electron chi connectivity index (χ3n) is 10.1. The molecular weight excluding hydrogens is 574 g/mol. The molecule has 0 saturated carbocycles. The molecule has 0 unspecified atom stereocenters. The molecule has 0 amide bonds. The fraction of sp³-hybridized carbons (Fsp3) is 0.0682. The quantitative estimate of drug-likeness (QED) is 0.202. The van der Waals surface area contributed by atoms with Crippen molar-refractivity contribution in [1.29, 1.82) is 0 Å². The molecule has 3 heteroatoms. The summed E-state index contributed by atoms with van der Waals surface area (Å²) in [6, 6.07) is 47.7. The number of nitrogens with zero attached hydrogens (tertiary/aromatic N) is 1. The molecule has 3 nitrogen and oxygen atoms in total. The average molecular weight is 604 g/mol. The minimum absolute atomic E-state index is 0.116. The van der Waals surface area contributed by atoms with Gasteiger partial charge in [-0.15, -0.1) is 0 Å². The van der Waals surface area contributed by atoms with Crippen LogP contribution in [0.3, 0.4) is 0 Å². The van der Waals surface area contributed by atoms with Crippen LogP contribution in [0.5, 0.6) is 0 Å². The first-order valence-corrected chi connectivity index (χ1v) is 16.1. The molecule has 47 heavy (non-hydrogen) atoms. The van der Waals surface area contributed by atoms with E-state index in [1.54, 1.807) is 0 Å². The van der Waals surface area contributed by atoms with Crippen molar-refractivity contribution < 1.29 is 8.83 Å². The van der Waals surface area contributed by atoms with E-state index in [2.05, 4.69) is 122 Å². The van der Waals surface area contributed by atoms with Gasteiger partial charge in [-0.05, 0) is 99.1 Å². The lowest BCUT2D eigenvalue weighted by Gasteiger charge is -2.22. The summed E-state index contributed by atoms with van der Waals surface area (Å²) in [6.07, 6.45) is 1.85. The second kappa shape index (κ2) is 9.54. The third-order valence-corrected chi connectivity index (χ3v) is 10.1. The molecule has 1 aliphatic carbocycles. The van der Waals surface area contributed by atoms with Crippen LogP contribution in [0.2, 0.25) is 0 Å². The van der Waals surface area contributed by atoms with Gasteiger partial charge in [0.15, 0.2) is 0 Å². The van der Waals surface area contributed by atoms with E-state index in [1.807, 2.05) is 36.5 Å². The highest BCUT2D eigenvalue weighted by molar-refractivity contribution is 6.15. The molecule has 0 bridgehead atoms. The second-order valence-electron chi connectivity index (χ2n) is 13.2. The van der Waals surface area contributed by atoms with Crippen molar-refractivity contribution in [3.05, 3.63) is 151 Å². The number of aromatic nitrogens is 1. The topological polar surface area (TPSA) is 39.2 Å². The maximum Gasteiger partial charge on any atom is 0.139 e. The summed E-state index contributed by atoms with van der Waals surface area (Å²) in [7, 11) is 0. The van der Waals surface area contributed by atoms with Crippen LogP contribution in [-0.2, 0) is 5.41 Å². The first kappa shape index (κ1) is 26.3. The number of pyridine rings is 1. The third kappa shape index (κ3) is 3.90. The van der Waals surface area contributed by atoms with E-state index >= 15 is 0 Å². The van der Waals surface area contributed by atoms with Gasteiger partial charge in [-0.25, -0.2) is 0 Å². The molecule has 0 spiro atoms. The van der Waals surface area contributed by atoms with Gasteiger partial charge in [0.25, 0.3) is 0 Å². The van der Waals surface area contributed by atoms with Crippen molar-refractivity contribution in [3.8, 4) is 44.6 Å². The zero-order valence-electron chi connectivity index (χ0n) is 26.0. The van der Waals surface area contributed by atoms with Gasteiger partial charge >= 0.3 is 0 Å². The Labute approximate surface area is 271 Å². The Morgan fingerprint density at radius 2 is 1.11 bits per heavy atom. The van der Waals surface area contributed by atoms with E-state index < -0.39 is 0 Å². The van der Waals surface area contributed by atoms with Gasteiger partial charge < -0.3 is 8.83 Å². The molecule has 0 aliphatic heterocycles. The fourth-order valence-electron chi connectivity index (χ4n) is 7.68. The van der Waals surface area contributed by atoms with Crippen LogP contribution in [0.25, 0.3) is 88.5 Å². The normalized spacial score (nSPS) is 13.5. The maximum absolute atomic E-state index is 6.31. The van der Waals surface area contributed by atoms with E-state index in [-0.39, 0.29) is 5.41 Å². The van der Waals surface area contributed by atoms with Crippen molar-refractivity contribution >= 4 is 43.9 Å². The molecule has 0 radical (unpaired) electrons. The Morgan fingerprint density at radius 1 is 0.426 bits per heavy atom. The van der Waals surface area contributed by atoms with Crippen molar-refractivity contribution in [2.24, 2.45) is 0 Å². The molecule has 0 fully saturated rings. The molecule has 1 aliphatic rings. The number of hydrogen-bond donors (Lipinski definition) is 0. The summed E-state index contributed by atoms with van der Waals surface area (Å²) in [6.45, 7) is 4.69. The van der Waals surface area contributed by atoms with Crippen LogP contribution in [0.15, 0.2) is 148 Å². The van der Waals surface area contributed by atoms with Gasteiger partial charge in [0.1, 0.15) is 22.3 Å². The van der Waals surface area contributed by atoms with Crippen LogP contribution in [-0.4, -0.2) is 4.98 Å². The van der Waals surface area contributed by atoms with Crippen molar-refractivity contribution in [2.75, 3.05) is 0 Å². The smallest absolute Gasteiger partial charge is 0.139 e. The second-order valence-corrected chi connectivity index (χ2v) is 13.2. The summed E-state index contributed by atoms with van der Waals surface area (Å²) in [5, 5.41) is 4.46. The summed E-state index contributed by atoms with van der Waals surface area (Å²) in [5.41, 5.74) is 15.6. The highest BCUT2D eigenvalue weighted by atomic mass is 16.3. The van der Waals surface area contributed by atoms with Gasteiger partial charge in [0, 0.05) is 44.8 Å². The van der Waals surface area contributed by atoms with E-state index in [0.717, 1.165) is 55.1 Å². The Morgan fingerprint density at radius 3 is 1.98 bits per heavy atom. The van der Waals surface area contributed by atoms with Gasteiger partial charge in [-0.1, -0.05) is 86.6 Å². The number of benzene rings is 6. The lowest BCUT2D eigenvalue weighted by molar-refractivity contribution is 0.656. The van der Waals surface area contributed by atoms with Crippen molar-refractivity contribution in [3.63, 3.8) is 0 Å². The molecule has 6 aromatic carbocycles. The van der Waals surface area contributed by atoms with Crippen molar-refractivity contribution in [1.82, 2.24) is 4.98 Å². The predicted octanol–water partition coefficient (Wildman–Crippen LogP) is 12.2. The van der Waals surface area contributed by atoms with Gasteiger partial charge in [0.2, 0.25) is 0 Å². The van der Waals surface area contributed by atoms with E-state index in [9.17, 15) is 0 Å². The lowest BCUT2D eigenvalue weighted by atomic mass is 9.81. The van der Waals surface area contributed by atoms with Crippen LogP contribution in [0.1, 0.15) is 25.0 Å². The van der Waals surface area contributed by atoms with Gasteiger partial charge in [-0.3, -0.25) is 4.98 Å². The standard InChI is InChI=1S/C44H29NO2/c1-44(2)37-17-14-27(26-8-7-9-30(20-26)39-11-5-6-19-45-39)21-33(37)31-16-13-29(23-38(31)44)28-15-18-41-34(22-28)36-24-35-32-10-3-4-12-40(32)46-42(35)25-43(36)47-41/h3-25H,1-2H3. The first-order valence-electron chi connectivity index (χ1n) is 16.1. The molecule has 0 saturated heterocycles. The molecule has 0 atom stereocenters. The Bertz CT molecular complexity index is 2710. The Balaban J connectivity index is 1.06. The number of furan rings is 2. The van der Waals surface area contributed by atoms with Gasteiger partial charge in [-0.2, -0.15) is 0 Å². The van der Waals surface area contributed by atoms with E-state index in [4.69, 9.17) is 8.83 Å². The number of rotatable bonds is 3. The SMILES string of the molecule is CC1(C)c2ccc(-c3cccc(-c4ccccn4)c3)cc2-c2ccc(-c3ccc4oc5cc6oc7ccccc7c6cc5c4c3)cc21. The molecule has 10 rings (SSSR count). The fourth-order valence-corrected chi connectivity index (χ4v) is 7.68. The Hall–Kier alpha value is -5.93. The molecule has 3 aromatic heterocycles. The molecule has 3 heterocycles. The summed E-state index contributed by atoms with van der Waals surface area (Å²) >= 11 is 0. The minimum Gasteiger partial charge on any atom is -0.456 e. The van der Waals surface area contributed by atoms with E-state index in [0.29, 0.717) is 0 Å². The summed E-state index contributed by atoms with van der Waals surface area (Å²) < 4.78 is 12.4. The van der Waals surface area contributed by atoms with Crippen LogP contribution >= 0.6 is 0 Å². The van der Waals surface area contributed by atoms with Crippen LogP contribution in [0.4, 0.5) is 0 Å². The van der Waals surface area contributed by atoms with Crippen LogP contribution < -0.4 is 0 Å². The average Bonchev–Trinajstić information content (AvgIpc) is 3.74. The zero-order chi connectivity index (χ0) is 31.3. The molecule has 222 valence electrons. The van der Waals surface area contributed by atoms with Crippen LogP contribution in [0, 0.1) is 0 Å². The molecule has 9 aromatic rings. The molecular formula is C44H29NO2. The maximum atomic E-state index is 6.31. The zero-order valence-corrected chi connectivity index (χ0v) is 26.0. The van der Waals surface area contributed by atoms with Crippen molar-refractivity contribution in [2.45, 2.75) is 19.3 Å². The predicted molar refractivity (Wildman–Crippen MR) is 193 cm³/mol. The highest BCUT2D eigenvalue weighted by Crippen LogP contribution is 2.51. The monoisotopic (exact) mass is 603 g/mol. The van der Waals surface area contributed by atoms with E-state index in [1.165, 1.54) is 44.5 Å². The highest BCUT2D eigenvalue weighted by Gasteiger charge is 2.35. The largest absolute Gasteiger partial charge is 0.456 e. The summed E-state index contributed by atoms with van der Waals surface area (Å²) in [5.74, 6) is 0. The number of para-hydroxylation sites is 1. The number of fused-ring (bicyclic) bond motifs is 9. The first-order chi connectivity index (χ1) is 23.0. The summed E-state index contributed by atoms with van der Waals surface area (Å²) in [4.78, 5) is 4.56. The lowest BCUT2D eigenvalue weighted by Crippen LogP contribution is -2.15. The number of hydrogen-bond acceptors (Lipinski definition) is 3. The van der Waals surface area contributed by atoms with Gasteiger partial charge in [0.05, 0.1) is 5.69 Å². The molecule has 0 N–H and O–H groups in total.